The van der Waals surface area contributed by atoms with E-state index in [0.29, 0.717) is 6.42 Å². The molecule has 3 unspecified atom stereocenters. The summed E-state index contributed by atoms with van der Waals surface area (Å²) in [5.41, 5.74) is 0. The molecule has 0 aromatic rings. The molecule has 6 nitrogen and oxygen atoms in total. The second-order valence-corrected chi connectivity index (χ2v) is 5.15. The van der Waals surface area contributed by atoms with Crippen molar-refractivity contribution in [3.63, 3.8) is 0 Å². The molecule has 3 atom stereocenters. The minimum Gasteiger partial charge on any atom is -0.480 e. The van der Waals surface area contributed by atoms with E-state index in [4.69, 9.17) is 5.11 Å². The monoisotopic (exact) mass is 286 g/mol. The fourth-order valence-electron chi connectivity index (χ4n) is 1.60. The van der Waals surface area contributed by atoms with Crippen molar-refractivity contribution >= 4 is 17.8 Å². The molecular weight excluding hydrogens is 260 g/mol. The van der Waals surface area contributed by atoms with Crippen molar-refractivity contribution in [2.75, 3.05) is 0 Å². The zero-order valence-electron chi connectivity index (χ0n) is 12.7. The Morgan fingerprint density at radius 1 is 0.950 bits per heavy atom. The maximum Gasteiger partial charge on any atom is 0.326 e. The van der Waals surface area contributed by atoms with E-state index in [0.717, 1.165) is 6.42 Å². The Morgan fingerprint density at radius 2 is 1.45 bits per heavy atom. The molecule has 0 aliphatic rings. The molecule has 0 bridgehead atoms. The maximum atomic E-state index is 11.7. The van der Waals surface area contributed by atoms with Crippen molar-refractivity contribution in [2.24, 2.45) is 5.92 Å². The van der Waals surface area contributed by atoms with Gasteiger partial charge in [-0.2, -0.15) is 0 Å². The SMILES string of the molecule is CCC(C)NC(=O)CCC(=O)NC(C(=O)O)C(C)CC. The average Bonchev–Trinajstić information content (AvgIpc) is 2.41. The van der Waals surface area contributed by atoms with Crippen LogP contribution < -0.4 is 10.6 Å². The predicted molar refractivity (Wildman–Crippen MR) is 76.2 cm³/mol. The van der Waals surface area contributed by atoms with E-state index in [2.05, 4.69) is 10.6 Å². The lowest BCUT2D eigenvalue weighted by atomic mass is 9.99. The predicted octanol–water partition coefficient (Wildman–Crippen LogP) is 1.30. The van der Waals surface area contributed by atoms with Gasteiger partial charge in [0.15, 0.2) is 0 Å². The van der Waals surface area contributed by atoms with E-state index < -0.39 is 17.9 Å². The molecule has 0 spiro atoms. The van der Waals surface area contributed by atoms with Crippen molar-refractivity contribution in [2.45, 2.75) is 65.5 Å². The first-order chi connectivity index (χ1) is 9.31. The van der Waals surface area contributed by atoms with Gasteiger partial charge < -0.3 is 15.7 Å². The Hall–Kier alpha value is -1.59. The summed E-state index contributed by atoms with van der Waals surface area (Å²) < 4.78 is 0. The summed E-state index contributed by atoms with van der Waals surface area (Å²) in [6.07, 6.45) is 1.56. The van der Waals surface area contributed by atoms with Crippen LogP contribution in [0.2, 0.25) is 0 Å². The van der Waals surface area contributed by atoms with Crippen molar-refractivity contribution in [1.29, 1.82) is 0 Å². The molecule has 0 saturated carbocycles. The highest BCUT2D eigenvalue weighted by Gasteiger charge is 2.25. The van der Waals surface area contributed by atoms with Gasteiger partial charge in [-0.05, 0) is 19.3 Å². The van der Waals surface area contributed by atoms with Gasteiger partial charge in [-0.15, -0.1) is 0 Å². The van der Waals surface area contributed by atoms with E-state index in [1.54, 1.807) is 6.92 Å². The quantitative estimate of drug-likeness (QED) is 0.595. The molecule has 0 aromatic carbocycles. The normalized spacial score (nSPS) is 15.0. The molecule has 0 aromatic heterocycles. The molecule has 0 rings (SSSR count). The molecule has 3 N–H and O–H groups in total. The molecule has 6 heteroatoms. The molecular formula is C14H26N2O4. The van der Waals surface area contributed by atoms with Gasteiger partial charge in [0.25, 0.3) is 0 Å². The van der Waals surface area contributed by atoms with Crippen LogP contribution in [-0.2, 0) is 14.4 Å². The number of rotatable bonds is 9. The maximum absolute atomic E-state index is 11.7. The number of carbonyl (C=O) groups excluding carboxylic acids is 2. The minimum absolute atomic E-state index is 0.00246. The summed E-state index contributed by atoms with van der Waals surface area (Å²) in [5.74, 6) is -1.79. The van der Waals surface area contributed by atoms with E-state index in [1.807, 2.05) is 20.8 Å². The Labute approximate surface area is 120 Å². The summed E-state index contributed by atoms with van der Waals surface area (Å²) in [4.78, 5) is 34.3. The number of hydrogen-bond donors (Lipinski definition) is 3. The Morgan fingerprint density at radius 3 is 1.85 bits per heavy atom. The number of carboxylic acid groups (broad SMARTS) is 1. The van der Waals surface area contributed by atoms with Gasteiger partial charge in [-0.25, -0.2) is 4.79 Å². The first-order valence-electron chi connectivity index (χ1n) is 7.13. The van der Waals surface area contributed by atoms with Crippen LogP contribution in [-0.4, -0.2) is 35.0 Å². The molecule has 20 heavy (non-hydrogen) atoms. The Bertz CT molecular complexity index is 344. The highest BCUT2D eigenvalue weighted by Crippen LogP contribution is 2.08. The molecule has 0 fully saturated rings. The summed E-state index contributed by atoms with van der Waals surface area (Å²) in [6, 6.07) is -0.817. The van der Waals surface area contributed by atoms with Crippen molar-refractivity contribution in [3.8, 4) is 0 Å². The third kappa shape index (κ3) is 7.11. The van der Waals surface area contributed by atoms with Gasteiger partial charge in [0, 0.05) is 18.9 Å². The van der Waals surface area contributed by atoms with Crippen LogP contribution in [0.5, 0.6) is 0 Å². The summed E-state index contributed by atoms with van der Waals surface area (Å²) in [5, 5.41) is 14.3. The van der Waals surface area contributed by atoms with Crippen molar-refractivity contribution in [3.05, 3.63) is 0 Å². The largest absolute Gasteiger partial charge is 0.480 e. The van der Waals surface area contributed by atoms with E-state index in [1.165, 1.54) is 0 Å². The summed E-state index contributed by atoms with van der Waals surface area (Å²) >= 11 is 0. The van der Waals surface area contributed by atoms with Crippen LogP contribution in [0.15, 0.2) is 0 Å². The number of carbonyl (C=O) groups is 3. The van der Waals surface area contributed by atoms with Gasteiger partial charge in [0.1, 0.15) is 6.04 Å². The number of nitrogens with one attached hydrogen (secondary N) is 2. The molecule has 0 heterocycles. The molecule has 2 amide bonds. The average molecular weight is 286 g/mol. The number of carboxylic acids is 1. The molecule has 0 aliphatic carbocycles. The third-order valence-electron chi connectivity index (χ3n) is 3.39. The highest BCUT2D eigenvalue weighted by molar-refractivity contribution is 5.87. The molecule has 116 valence electrons. The van der Waals surface area contributed by atoms with Crippen molar-refractivity contribution < 1.29 is 19.5 Å². The van der Waals surface area contributed by atoms with E-state index in [9.17, 15) is 14.4 Å². The van der Waals surface area contributed by atoms with Gasteiger partial charge in [-0.1, -0.05) is 27.2 Å². The molecule has 0 saturated heterocycles. The second-order valence-electron chi connectivity index (χ2n) is 5.15. The fourth-order valence-corrected chi connectivity index (χ4v) is 1.60. The molecule has 0 aliphatic heterocycles. The van der Waals surface area contributed by atoms with Crippen LogP contribution in [0.3, 0.4) is 0 Å². The second kappa shape index (κ2) is 9.34. The smallest absolute Gasteiger partial charge is 0.326 e. The van der Waals surface area contributed by atoms with Gasteiger partial charge in [0.05, 0.1) is 0 Å². The van der Waals surface area contributed by atoms with Gasteiger partial charge in [-0.3, -0.25) is 9.59 Å². The zero-order chi connectivity index (χ0) is 15.7. The molecule has 0 radical (unpaired) electrons. The van der Waals surface area contributed by atoms with E-state index >= 15 is 0 Å². The van der Waals surface area contributed by atoms with E-state index in [-0.39, 0.29) is 30.7 Å². The lowest BCUT2D eigenvalue weighted by molar-refractivity contribution is -0.143. The first-order valence-corrected chi connectivity index (χ1v) is 7.13. The zero-order valence-corrected chi connectivity index (χ0v) is 12.7. The Balaban J connectivity index is 4.21. The van der Waals surface area contributed by atoms with Gasteiger partial charge >= 0.3 is 5.97 Å². The lowest BCUT2D eigenvalue weighted by Gasteiger charge is -2.20. The van der Waals surface area contributed by atoms with Crippen LogP contribution in [0.4, 0.5) is 0 Å². The number of hydrogen-bond acceptors (Lipinski definition) is 3. The van der Waals surface area contributed by atoms with Crippen molar-refractivity contribution in [1.82, 2.24) is 10.6 Å². The highest BCUT2D eigenvalue weighted by atomic mass is 16.4. The third-order valence-corrected chi connectivity index (χ3v) is 3.39. The van der Waals surface area contributed by atoms with Crippen LogP contribution in [0, 0.1) is 5.92 Å². The number of amides is 2. The number of aliphatic carboxylic acids is 1. The fraction of sp³-hybridized carbons (Fsp3) is 0.786. The summed E-state index contributed by atoms with van der Waals surface area (Å²) in [7, 11) is 0. The topological polar surface area (TPSA) is 95.5 Å². The first kappa shape index (κ1) is 18.4. The Kier molecular flexibility index (Phi) is 8.59. The minimum atomic E-state index is -1.04. The summed E-state index contributed by atoms with van der Waals surface area (Å²) in [6.45, 7) is 7.49. The van der Waals surface area contributed by atoms with Crippen LogP contribution in [0.25, 0.3) is 0 Å². The van der Waals surface area contributed by atoms with Crippen LogP contribution >= 0.6 is 0 Å². The van der Waals surface area contributed by atoms with Gasteiger partial charge in [0.2, 0.25) is 11.8 Å². The standard InChI is InChI=1S/C14H26N2O4/c1-5-9(3)13(14(19)20)16-12(18)8-7-11(17)15-10(4)6-2/h9-10,13H,5-8H2,1-4H3,(H,15,17)(H,16,18)(H,19,20). The van der Waals surface area contributed by atoms with Crippen LogP contribution in [0.1, 0.15) is 53.4 Å². The lowest BCUT2D eigenvalue weighted by Crippen LogP contribution is -2.45.